The maximum atomic E-state index is 9.49. The standard InChI is InChI=1S/C24H24N2O3/c1-28-21-12-17-11-20-23(25-26-24(20)19(17)13-22(21)29-2)16-5-3-14(4-6-16)15-7-9-18(27)10-8-15/h3-10,12-13,20,23-27H,11H2,1-2H3. The summed E-state index contributed by atoms with van der Waals surface area (Å²) in [4.78, 5) is 0. The maximum absolute atomic E-state index is 9.49. The lowest BCUT2D eigenvalue weighted by atomic mass is 9.89. The first-order valence-corrected chi connectivity index (χ1v) is 9.83. The summed E-state index contributed by atoms with van der Waals surface area (Å²) < 4.78 is 11.0. The van der Waals surface area contributed by atoms with Crippen molar-refractivity contribution in [1.29, 1.82) is 0 Å². The average Bonchev–Trinajstić information content (AvgIpc) is 3.32. The van der Waals surface area contributed by atoms with Gasteiger partial charge in [-0.3, -0.25) is 0 Å². The molecule has 0 aromatic heterocycles. The van der Waals surface area contributed by atoms with Gasteiger partial charge in [0.2, 0.25) is 0 Å². The Kier molecular flexibility index (Phi) is 4.42. The molecule has 1 aliphatic carbocycles. The van der Waals surface area contributed by atoms with Gasteiger partial charge in [0, 0.05) is 5.92 Å². The molecule has 3 aromatic carbocycles. The van der Waals surface area contributed by atoms with Gasteiger partial charge in [-0.25, -0.2) is 10.9 Å². The van der Waals surface area contributed by atoms with Gasteiger partial charge in [-0.2, -0.15) is 0 Å². The number of phenolic OH excluding ortho intramolecular Hbond substituents is 1. The normalized spacial score (nSPS) is 22.2. The third kappa shape index (κ3) is 3.03. The summed E-state index contributed by atoms with van der Waals surface area (Å²) >= 11 is 0. The van der Waals surface area contributed by atoms with E-state index in [4.69, 9.17) is 9.47 Å². The largest absolute Gasteiger partial charge is 0.508 e. The quantitative estimate of drug-likeness (QED) is 0.627. The van der Waals surface area contributed by atoms with E-state index in [0.29, 0.717) is 5.92 Å². The van der Waals surface area contributed by atoms with Crippen LogP contribution in [-0.4, -0.2) is 19.3 Å². The molecule has 1 heterocycles. The van der Waals surface area contributed by atoms with Gasteiger partial charge in [0.25, 0.3) is 0 Å². The summed E-state index contributed by atoms with van der Waals surface area (Å²) in [5.41, 5.74) is 13.1. The highest BCUT2D eigenvalue weighted by Gasteiger charge is 2.43. The molecule has 0 amide bonds. The number of ether oxygens (including phenoxy) is 2. The molecule has 0 saturated carbocycles. The Balaban J connectivity index is 1.40. The predicted octanol–water partition coefficient (Wildman–Crippen LogP) is 4.14. The molecule has 1 aliphatic heterocycles. The number of aromatic hydroxyl groups is 1. The number of hydrogen-bond acceptors (Lipinski definition) is 5. The van der Waals surface area contributed by atoms with E-state index < -0.39 is 0 Å². The van der Waals surface area contributed by atoms with Crippen LogP contribution in [0.1, 0.15) is 28.8 Å². The first-order chi connectivity index (χ1) is 14.2. The molecular weight excluding hydrogens is 364 g/mol. The van der Waals surface area contributed by atoms with Gasteiger partial charge >= 0.3 is 0 Å². The summed E-state index contributed by atoms with van der Waals surface area (Å²) in [5.74, 6) is 2.28. The first-order valence-electron chi connectivity index (χ1n) is 9.83. The minimum absolute atomic E-state index is 0.234. The number of benzene rings is 3. The second kappa shape index (κ2) is 7.10. The Bertz CT molecular complexity index is 1030. The molecule has 0 radical (unpaired) electrons. The molecular formula is C24H24N2O3. The Morgan fingerprint density at radius 1 is 0.793 bits per heavy atom. The van der Waals surface area contributed by atoms with Crippen LogP contribution in [-0.2, 0) is 6.42 Å². The number of rotatable bonds is 4. The number of hydrogen-bond donors (Lipinski definition) is 3. The van der Waals surface area contributed by atoms with E-state index in [-0.39, 0.29) is 17.8 Å². The van der Waals surface area contributed by atoms with Crippen LogP contribution < -0.4 is 20.3 Å². The Labute approximate surface area is 170 Å². The van der Waals surface area contributed by atoms with Crippen molar-refractivity contribution in [2.75, 3.05) is 14.2 Å². The van der Waals surface area contributed by atoms with E-state index in [0.717, 1.165) is 29.0 Å². The minimum Gasteiger partial charge on any atom is -0.508 e. The van der Waals surface area contributed by atoms with Crippen LogP contribution in [0.3, 0.4) is 0 Å². The van der Waals surface area contributed by atoms with E-state index in [9.17, 15) is 5.11 Å². The van der Waals surface area contributed by atoms with Crippen LogP contribution in [0, 0.1) is 5.92 Å². The first kappa shape index (κ1) is 18.0. The van der Waals surface area contributed by atoms with Crippen LogP contribution in [0.15, 0.2) is 60.7 Å². The van der Waals surface area contributed by atoms with Crippen molar-refractivity contribution in [2.24, 2.45) is 5.92 Å². The summed E-state index contributed by atoms with van der Waals surface area (Å²) in [6, 6.07) is 20.7. The predicted molar refractivity (Wildman–Crippen MR) is 112 cm³/mol. The zero-order valence-electron chi connectivity index (χ0n) is 16.5. The number of methoxy groups -OCH3 is 2. The van der Waals surface area contributed by atoms with E-state index in [1.807, 2.05) is 12.1 Å². The lowest BCUT2D eigenvalue weighted by Gasteiger charge is -2.18. The third-order valence-electron chi connectivity index (χ3n) is 6.16. The molecule has 2 aliphatic rings. The van der Waals surface area contributed by atoms with E-state index in [1.54, 1.807) is 26.4 Å². The fraction of sp³-hybridized carbons (Fsp3) is 0.250. The van der Waals surface area contributed by atoms with E-state index >= 15 is 0 Å². The molecule has 29 heavy (non-hydrogen) atoms. The van der Waals surface area contributed by atoms with Gasteiger partial charge in [-0.15, -0.1) is 0 Å². The van der Waals surface area contributed by atoms with Gasteiger partial charge in [0.05, 0.1) is 26.3 Å². The van der Waals surface area contributed by atoms with Crippen molar-refractivity contribution in [2.45, 2.75) is 18.5 Å². The topological polar surface area (TPSA) is 62.8 Å². The highest BCUT2D eigenvalue weighted by molar-refractivity contribution is 5.64. The van der Waals surface area contributed by atoms with Crippen molar-refractivity contribution < 1.29 is 14.6 Å². The zero-order valence-corrected chi connectivity index (χ0v) is 16.5. The monoisotopic (exact) mass is 388 g/mol. The van der Waals surface area contributed by atoms with Gasteiger partial charge in [-0.1, -0.05) is 36.4 Å². The summed E-state index contributed by atoms with van der Waals surface area (Å²) in [6.07, 6.45) is 0.991. The molecule has 3 N–H and O–H groups in total. The van der Waals surface area contributed by atoms with Gasteiger partial charge in [-0.05, 0) is 58.5 Å². The van der Waals surface area contributed by atoms with Crippen molar-refractivity contribution in [3.63, 3.8) is 0 Å². The van der Waals surface area contributed by atoms with Gasteiger partial charge in [0.1, 0.15) is 5.75 Å². The van der Waals surface area contributed by atoms with Gasteiger partial charge in [0.15, 0.2) is 11.5 Å². The van der Waals surface area contributed by atoms with Crippen molar-refractivity contribution in [3.8, 4) is 28.4 Å². The van der Waals surface area contributed by atoms with Crippen LogP contribution in [0.25, 0.3) is 11.1 Å². The molecule has 5 rings (SSSR count). The highest BCUT2D eigenvalue weighted by atomic mass is 16.5. The van der Waals surface area contributed by atoms with Crippen LogP contribution in [0.4, 0.5) is 0 Å². The molecule has 0 spiro atoms. The SMILES string of the molecule is COc1cc2c(cc1OC)C1NNC(c3ccc(-c4ccc(O)cc4)cc3)C1C2. The maximum Gasteiger partial charge on any atom is 0.161 e. The van der Waals surface area contributed by atoms with Crippen LogP contribution in [0.5, 0.6) is 17.2 Å². The van der Waals surface area contributed by atoms with Crippen LogP contribution >= 0.6 is 0 Å². The third-order valence-corrected chi connectivity index (χ3v) is 6.16. The Hall–Kier alpha value is -3.02. The average molecular weight is 388 g/mol. The summed E-state index contributed by atoms with van der Waals surface area (Å²) in [6.45, 7) is 0. The fourth-order valence-electron chi connectivity index (χ4n) is 4.65. The molecule has 148 valence electrons. The van der Waals surface area contributed by atoms with Gasteiger partial charge < -0.3 is 14.6 Å². The number of nitrogens with one attached hydrogen (secondary N) is 2. The minimum atomic E-state index is 0.234. The second-order valence-electron chi connectivity index (χ2n) is 7.69. The molecule has 3 atom stereocenters. The van der Waals surface area contributed by atoms with Crippen molar-refractivity contribution in [1.82, 2.24) is 10.9 Å². The van der Waals surface area contributed by atoms with Crippen molar-refractivity contribution in [3.05, 3.63) is 77.4 Å². The van der Waals surface area contributed by atoms with Crippen molar-refractivity contribution >= 4 is 0 Å². The van der Waals surface area contributed by atoms with Crippen LogP contribution in [0.2, 0.25) is 0 Å². The Morgan fingerprint density at radius 3 is 2.03 bits per heavy atom. The molecule has 5 nitrogen and oxygen atoms in total. The molecule has 1 saturated heterocycles. The molecule has 3 unspecified atom stereocenters. The van der Waals surface area contributed by atoms with E-state index in [2.05, 4.69) is 47.2 Å². The molecule has 1 fully saturated rings. The zero-order chi connectivity index (χ0) is 20.0. The highest BCUT2D eigenvalue weighted by Crippen LogP contribution is 2.48. The summed E-state index contributed by atoms with van der Waals surface area (Å²) in [7, 11) is 3.35. The summed E-state index contributed by atoms with van der Waals surface area (Å²) in [5, 5.41) is 9.49. The fourth-order valence-corrected chi connectivity index (χ4v) is 4.65. The van der Waals surface area contributed by atoms with E-state index in [1.165, 1.54) is 16.7 Å². The molecule has 3 aromatic rings. The lowest BCUT2D eigenvalue weighted by Crippen LogP contribution is -2.27. The smallest absolute Gasteiger partial charge is 0.161 e. The molecule has 5 heteroatoms. The number of fused-ring (bicyclic) bond motifs is 3. The number of phenols is 1. The number of hydrazine groups is 1. The Morgan fingerprint density at radius 2 is 1.38 bits per heavy atom. The second-order valence-corrected chi connectivity index (χ2v) is 7.69. The lowest BCUT2D eigenvalue weighted by molar-refractivity contribution is 0.354. The molecule has 0 bridgehead atoms.